The number of hydrogen-bond acceptors (Lipinski definition) is 4. The molecule has 1 aromatic heterocycles. The van der Waals surface area contributed by atoms with Gasteiger partial charge in [-0.3, -0.25) is 4.79 Å². The Morgan fingerprint density at radius 1 is 1.04 bits per heavy atom. The average molecular weight is 348 g/mol. The normalized spacial score (nSPS) is 16.2. The molecule has 1 aliphatic rings. The zero-order chi connectivity index (χ0) is 18.1. The maximum Gasteiger partial charge on any atom is 0.331 e. The fourth-order valence-electron chi connectivity index (χ4n) is 3.25. The Kier molecular flexibility index (Phi) is 3.96. The number of aromatic nitrogens is 3. The molecule has 4 rings (SSSR count). The molecule has 1 aliphatic heterocycles. The van der Waals surface area contributed by atoms with E-state index < -0.39 is 17.9 Å². The van der Waals surface area contributed by atoms with E-state index in [0.717, 1.165) is 11.3 Å². The summed E-state index contributed by atoms with van der Waals surface area (Å²) < 4.78 is 1.50. The second kappa shape index (κ2) is 6.44. The second-order valence-electron chi connectivity index (χ2n) is 6.04. The van der Waals surface area contributed by atoms with Crippen molar-refractivity contribution < 1.29 is 14.7 Å². The van der Waals surface area contributed by atoms with Crippen molar-refractivity contribution in [1.82, 2.24) is 19.7 Å². The van der Waals surface area contributed by atoms with Gasteiger partial charge in [0.15, 0.2) is 6.04 Å². The first kappa shape index (κ1) is 16.0. The van der Waals surface area contributed by atoms with Gasteiger partial charge in [0, 0.05) is 6.54 Å². The van der Waals surface area contributed by atoms with Gasteiger partial charge in [0.25, 0.3) is 5.91 Å². The fraction of sp³-hybridized carbons (Fsp3) is 0.158. The summed E-state index contributed by atoms with van der Waals surface area (Å²) in [7, 11) is 0. The van der Waals surface area contributed by atoms with Gasteiger partial charge in [-0.05, 0) is 29.7 Å². The Balaban J connectivity index is 1.66. The smallest absolute Gasteiger partial charge is 0.331 e. The van der Waals surface area contributed by atoms with Crippen molar-refractivity contribution in [2.45, 2.75) is 12.5 Å². The largest absolute Gasteiger partial charge is 0.479 e. The summed E-state index contributed by atoms with van der Waals surface area (Å²) >= 11 is 0. The Hall–Kier alpha value is -3.48. The third-order valence-corrected chi connectivity index (χ3v) is 4.48. The first-order chi connectivity index (χ1) is 12.6. The number of carbonyl (C=O) groups is 2. The number of aliphatic carboxylic acids is 1. The van der Waals surface area contributed by atoms with E-state index in [4.69, 9.17) is 0 Å². The highest BCUT2D eigenvalue weighted by molar-refractivity contribution is 5.94. The van der Waals surface area contributed by atoms with E-state index >= 15 is 0 Å². The second-order valence-corrected chi connectivity index (χ2v) is 6.04. The van der Waals surface area contributed by atoms with Gasteiger partial charge in [-0.15, -0.1) is 5.10 Å². The van der Waals surface area contributed by atoms with Crippen LogP contribution in [0.1, 0.15) is 27.8 Å². The van der Waals surface area contributed by atoms with E-state index in [0.29, 0.717) is 18.5 Å². The lowest BCUT2D eigenvalue weighted by atomic mass is 9.92. The van der Waals surface area contributed by atoms with Crippen molar-refractivity contribution >= 4 is 11.9 Å². The van der Waals surface area contributed by atoms with Gasteiger partial charge in [-0.25, -0.2) is 14.5 Å². The Morgan fingerprint density at radius 3 is 2.54 bits per heavy atom. The molecule has 1 unspecified atom stereocenters. The minimum atomic E-state index is -1.06. The maximum absolute atomic E-state index is 12.9. The van der Waals surface area contributed by atoms with Gasteiger partial charge in [0.05, 0.1) is 5.69 Å². The van der Waals surface area contributed by atoms with Gasteiger partial charge in [-0.2, -0.15) is 0 Å². The maximum atomic E-state index is 12.9. The summed E-state index contributed by atoms with van der Waals surface area (Å²) in [6, 6.07) is 15.6. The Bertz CT molecular complexity index is 968. The standard InChI is InChI=1S/C19H16N4O3/c24-18(17-20-12-23(21-17)14-7-2-1-3-8-14)22-11-10-13-6-4-5-9-15(13)16(22)19(25)26/h1-9,12,16H,10-11H2,(H,25,26). The number of fused-ring (bicyclic) bond motifs is 1. The average Bonchev–Trinajstić information content (AvgIpc) is 3.17. The van der Waals surface area contributed by atoms with Crippen molar-refractivity contribution in [1.29, 1.82) is 0 Å². The molecule has 0 saturated carbocycles. The Morgan fingerprint density at radius 2 is 1.77 bits per heavy atom. The van der Waals surface area contributed by atoms with Crippen LogP contribution in [0.5, 0.6) is 0 Å². The van der Waals surface area contributed by atoms with Gasteiger partial charge >= 0.3 is 5.97 Å². The highest BCUT2D eigenvalue weighted by Gasteiger charge is 2.37. The molecule has 1 N–H and O–H groups in total. The molecule has 0 radical (unpaired) electrons. The summed E-state index contributed by atoms with van der Waals surface area (Å²) in [6.07, 6.45) is 2.06. The molecule has 7 nitrogen and oxygen atoms in total. The highest BCUT2D eigenvalue weighted by Crippen LogP contribution is 2.30. The fourth-order valence-corrected chi connectivity index (χ4v) is 3.25. The van der Waals surface area contributed by atoms with Gasteiger partial charge < -0.3 is 10.0 Å². The summed E-state index contributed by atoms with van der Waals surface area (Å²) in [5.41, 5.74) is 2.37. The number of hydrogen-bond donors (Lipinski definition) is 1. The minimum absolute atomic E-state index is 0.0144. The van der Waals surface area contributed by atoms with E-state index in [9.17, 15) is 14.7 Å². The molecule has 3 aromatic rings. The number of carboxylic acids is 1. The lowest BCUT2D eigenvalue weighted by molar-refractivity contribution is -0.143. The van der Waals surface area contributed by atoms with E-state index in [2.05, 4.69) is 10.1 Å². The number of carboxylic acid groups (broad SMARTS) is 1. The summed E-state index contributed by atoms with van der Waals surface area (Å²) in [5.74, 6) is -1.56. The summed E-state index contributed by atoms with van der Waals surface area (Å²) in [4.78, 5) is 30.2. The van der Waals surface area contributed by atoms with Crippen LogP contribution in [-0.2, 0) is 11.2 Å². The highest BCUT2D eigenvalue weighted by atomic mass is 16.4. The molecule has 0 saturated heterocycles. The minimum Gasteiger partial charge on any atom is -0.479 e. The van der Waals surface area contributed by atoms with Crippen molar-refractivity contribution in [3.05, 3.63) is 77.9 Å². The van der Waals surface area contributed by atoms with E-state index in [1.807, 2.05) is 42.5 Å². The zero-order valence-corrected chi connectivity index (χ0v) is 13.8. The predicted molar refractivity (Wildman–Crippen MR) is 92.9 cm³/mol. The lowest BCUT2D eigenvalue weighted by Gasteiger charge is -2.34. The summed E-state index contributed by atoms with van der Waals surface area (Å²) in [6.45, 7) is 0.312. The molecule has 26 heavy (non-hydrogen) atoms. The van der Waals surface area contributed by atoms with E-state index in [-0.39, 0.29) is 5.82 Å². The molecule has 7 heteroatoms. The van der Waals surface area contributed by atoms with Crippen LogP contribution in [0.3, 0.4) is 0 Å². The number of amides is 1. The monoisotopic (exact) mass is 348 g/mol. The molecule has 0 bridgehead atoms. The van der Waals surface area contributed by atoms with Crippen LogP contribution in [-0.4, -0.2) is 43.2 Å². The predicted octanol–water partition coefficient (Wildman–Crippen LogP) is 2.09. The van der Waals surface area contributed by atoms with Crippen molar-refractivity contribution in [3.8, 4) is 5.69 Å². The molecule has 1 atom stereocenters. The van der Waals surface area contributed by atoms with Gasteiger partial charge in [0.1, 0.15) is 6.33 Å². The molecule has 0 aliphatic carbocycles. The van der Waals surface area contributed by atoms with Gasteiger partial charge in [-0.1, -0.05) is 42.5 Å². The molecular formula is C19H16N4O3. The SMILES string of the molecule is O=C(O)C1c2ccccc2CCN1C(=O)c1ncn(-c2ccccc2)n1. The molecule has 2 aromatic carbocycles. The van der Waals surface area contributed by atoms with E-state index in [1.165, 1.54) is 15.9 Å². The third-order valence-electron chi connectivity index (χ3n) is 4.48. The van der Waals surface area contributed by atoms with Crippen LogP contribution in [0.4, 0.5) is 0 Å². The zero-order valence-electron chi connectivity index (χ0n) is 13.8. The van der Waals surface area contributed by atoms with Crippen LogP contribution in [0, 0.1) is 0 Å². The quantitative estimate of drug-likeness (QED) is 0.783. The van der Waals surface area contributed by atoms with Crippen LogP contribution >= 0.6 is 0 Å². The number of benzene rings is 2. The topological polar surface area (TPSA) is 88.3 Å². The molecule has 0 fully saturated rings. The van der Waals surface area contributed by atoms with Crippen LogP contribution in [0.15, 0.2) is 60.9 Å². The lowest BCUT2D eigenvalue weighted by Crippen LogP contribution is -2.44. The number of para-hydroxylation sites is 1. The molecular weight excluding hydrogens is 332 g/mol. The first-order valence-electron chi connectivity index (χ1n) is 8.24. The number of rotatable bonds is 3. The van der Waals surface area contributed by atoms with E-state index in [1.54, 1.807) is 12.1 Å². The first-order valence-corrected chi connectivity index (χ1v) is 8.24. The molecule has 130 valence electrons. The Labute approximate surface area is 149 Å². The molecule has 0 spiro atoms. The number of nitrogens with zero attached hydrogens (tertiary/aromatic N) is 4. The van der Waals surface area contributed by atoms with Crippen LogP contribution in [0.25, 0.3) is 5.69 Å². The molecule has 1 amide bonds. The van der Waals surface area contributed by atoms with Crippen molar-refractivity contribution in [2.75, 3.05) is 6.54 Å². The summed E-state index contributed by atoms with van der Waals surface area (Å²) in [5, 5.41) is 13.9. The van der Waals surface area contributed by atoms with Crippen molar-refractivity contribution in [2.24, 2.45) is 0 Å². The van der Waals surface area contributed by atoms with Gasteiger partial charge in [0.2, 0.25) is 5.82 Å². The van der Waals surface area contributed by atoms with Crippen LogP contribution in [0.2, 0.25) is 0 Å². The van der Waals surface area contributed by atoms with Crippen LogP contribution < -0.4 is 0 Å². The molecule has 2 heterocycles. The van der Waals surface area contributed by atoms with Crippen molar-refractivity contribution in [3.63, 3.8) is 0 Å². The number of carbonyl (C=O) groups excluding carboxylic acids is 1. The third kappa shape index (κ3) is 2.73.